The fourth-order valence-electron chi connectivity index (χ4n) is 1.96. The number of aliphatic hydroxyl groups is 2. The molecule has 2 aromatic rings. The first kappa shape index (κ1) is 24.7. The van der Waals surface area contributed by atoms with Gasteiger partial charge in [-0.25, -0.2) is 0 Å². The van der Waals surface area contributed by atoms with E-state index in [-0.39, 0.29) is 24.0 Å². The number of aliphatic hydroxyl groups excluding tert-OH is 2. The van der Waals surface area contributed by atoms with E-state index < -0.39 is 17.0 Å². The Kier molecular flexibility index (Phi) is 12.7. The van der Waals surface area contributed by atoms with Crippen LogP contribution in [0.15, 0.2) is 60.7 Å². The van der Waals surface area contributed by atoms with E-state index in [0.29, 0.717) is 0 Å². The number of hydrogen-bond donors (Lipinski definition) is 2. The van der Waals surface area contributed by atoms with Crippen molar-refractivity contribution in [2.24, 2.45) is 0 Å². The van der Waals surface area contributed by atoms with Gasteiger partial charge in [-0.2, -0.15) is 0 Å². The van der Waals surface area contributed by atoms with E-state index >= 15 is 0 Å². The Labute approximate surface area is 168 Å². The van der Waals surface area contributed by atoms with E-state index in [1.807, 2.05) is 88.4 Å². The summed E-state index contributed by atoms with van der Waals surface area (Å²) in [6.45, 7) is 8.50. The van der Waals surface area contributed by atoms with Crippen molar-refractivity contribution < 1.29 is 27.2 Å². The molecular weight excluding hydrogens is 391 g/mol. The van der Waals surface area contributed by atoms with Gasteiger partial charge in [-0.15, -0.1) is 0 Å². The van der Waals surface area contributed by atoms with Crippen LogP contribution in [0.4, 0.5) is 0 Å². The molecule has 0 saturated carbocycles. The van der Waals surface area contributed by atoms with Crippen LogP contribution < -0.4 is 0 Å². The first-order chi connectivity index (χ1) is 11.7. The van der Waals surface area contributed by atoms with Gasteiger partial charge in [0.25, 0.3) is 0 Å². The minimum absolute atomic E-state index is 0.110. The molecule has 0 aliphatic rings. The van der Waals surface area contributed by atoms with E-state index in [1.54, 1.807) is 0 Å². The summed E-state index contributed by atoms with van der Waals surface area (Å²) < 4.78 is 0. The SMILES string of the molecule is CC(C)(CO)c1ccccc1.CC(C)(CO)c1ccccc1.[Cl][Ti][Cl]. The van der Waals surface area contributed by atoms with Gasteiger partial charge in [0.2, 0.25) is 0 Å². The molecular formula is C20H28Cl2O2Ti. The molecule has 0 aromatic heterocycles. The Balaban J connectivity index is 0.000000399. The average molecular weight is 419 g/mol. The van der Waals surface area contributed by atoms with Crippen LogP contribution in [0.1, 0.15) is 38.8 Å². The van der Waals surface area contributed by atoms with Gasteiger partial charge in [-0.3, -0.25) is 0 Å². The van der Waals surface area contributed by atoms with Crippen molar-refractivity contribution in [2.75, 3.05) is 13.2 Å². The van der Waals surface area contributed by atoms with E-state index in [4.69, 9.17) is 28.8 Å². The number of hydrogen-bond acceptors (Lipinski definition) is 2. The molecule has 0 radical (unpaired) electrons. The van der Waals surface area contributed by atoms with Gasteiger partial charge in [0.15, 0.2) is 0 Å². The zero-order valence-electron chi connectivity index (χ0n) is 15.3. The molecule has 2 rings (SSSR count). The van der Waals surface area contributed by atoms with Crippen LogP contribution >= 0.6 is 18.6 Å². The molecule has 0 aliphatic heterocycles. The zero-order chi connectivity index (χ0) is 19.3. The molecule has 0 heterocycles. The Morgan fingerprint density at radius 3 is 1.12 bits per heavy atom. The van der Waals surface area contributed by atoms with Gasteiger partial charge in [-0.05, 0) is 11.1 Å². The minimum atomic E-state index is -0.556. The van der Waals surface area contributed by atoms with Gasteiger partial charge in [-0.1, -0.05) is 88.4 Å². The van der Waals surface area contributed by atoms with Crippen LogP contribution in [0.3, 0.4) is 0 Å². The molecule has 25 heavy (non-hydrogen) atoms. The standard InChI is InChI=1S/2C10H14O.2ClH.Ti/c2*1-10(2,8-11)9-6-4-3-5-7-9;;;/h2*3-7,11H,8H2,1-2H3;2*1H;/q;;;;+2/p-2. The average Bonchev–Trinajstić information content (AvgIpc) is 2.64. The van der Waals surface area contributed by atoms with Crippen molar-refractivity contribution >= 4 is 18.6 Å². The fourth-order valence-corrected chi connectivity index (χ4v) is 1.96. The summed E-state index contributed by atoms with van der Waals surface area (Å²) >= 11 is -0.556. The Hall–Kier alpha value is -0.346. The van der Waals surface area contributed by atoms with Crippen LogP contribution in [0.25, 0.3) is 0 Å². The Bertz CT molecular complexity index is 509. The normalized spacial score (nSPS) is 10.7. The fraction of sp³-hybridized carbons (Fsp3) is 0.400. The third-order valence-electron chi connectivity index (χ3n) is 3.90. The number of rotatable bonds is 4. The number of halogens is 2. The van der Waals surface area contributed by atoms with Crippen LogP contribution in [0, 0.1) is 0 Å². The topological polar surface area (TPSA) is 40.5 Å². The predicted octanol–water partition coefficient (Wildman–Crippen LogP) is 5.29. The first-order valence-corrected chi connectivity index (χ1v) is 12.3. The first-order valence-electron chi connectivity index (χ1n) is 8.04. The van der Waals surface area contributed by atoms with Gasteiger partial charge < -0.3 is 10.2 Å². The van der Waals surface area contributed by atoms with E-state index in [0.717, 1.165) is 0 Å². The molecule has 0 unspecified atom stereocenters. The second-order valence-electron chi connectivity index (χ2n) is 6.89. The van der Waals surface area contributed by atoms with Crippen molar-refractivity contribution in [2.45, 2.75) is 38.5 Å². The Morgan fingerprint density at radius 2 is 0.920 bits per heavy atom. The maximum atomic E-state index is 9.05. The molecule has 2 nitrogen and oxygen atoms in total. The quantitative estimate of drug-likeness (QED) is 0.662. The molecule has 0 spiro atoms. The van der Waals surface area contributed by atoms with Crippen molar-refractivity contribution in [3.05, 3.63) is 71.8 Å². The molecule has 0 fully saturated rings. The van der Waals surface area contributed by atoms with Gasteiger partial charge in [0.1, 0.15) is 0 Å². The molecule has 0 bridgehead atoms. The summed E-state index contributed by atoms with van der Waals surface area (Å²) in [5, 5.41) is 18.1. The molecule has 0 atom stereocenters. The molecule has 5 heteroatoms. The zero-order valence-corrected chi connectivity index (χ0v) is 18.4. The molecule has 2 aromatic carbocycles. The van der Waals surface area contributed by atoms with Gasteiger partial charge in [0.05, 0.1) is 13.2 Å². The molecule has 0 saturated heterocycles. The van der Waals surface area contributed by atoms with E-state index in [1.165, 1.54) is 11.1 Å². The summed E-state index contributed by atoms with van der Waals surface area (Å²) in [6, 6.07) is 20.1. The maximum absolute atomic E-state index is 9.05. The van der Waals surface area contributed by atoms with Crippen LogP contribution in [-0.2, 0) is 27.9 Å². The monoisotopic (exact) mass is 418 g/mol. The molecule has 0 amide bonds. The third kappa shape index (κ3) is 9.79. The van der Waals surface area contributed by atoms with Crippen molar-refractivity contribution in [1.82, 2.24) is 0 Å². The van der Waals surface area contributed by atoms with Crippen LogP contribution in [0.2, 0.25) is 0 Å². The van der Waals surface area contributed by atoms with E-state index in [9.17, 15) is 0 Å². The summed E-state index contributed by atoms with van der Waals surface area (Å²) in [5.41, 5.74) is 2.15. The third-order valence-corrected chi connectivity index (χ3v) is 3.90. The summed E-state index contributed by atoms with van der Waals surface area (Å²) in [5.74, 6) is 0. The molecule has 0 aliphatic carbocycles. The summed E-state index contributed by atoms with van der Waals surface area (Å²) in [6.07, 6.45) is 0. The predicted molar refractivity (Wildman–Crippen MR) is 105 cm³/mol. The van der Waals surface area contributed by atoms with Crippen LogP contribution in [0.5, 0.6) is 0 Å². The van der Waals surface area contributed by atoms with Crippen molar-refractivity contribution in [3.63, 3.8) is 0 Å². The van der Waals surface area contributed by atoms with Gasteiger partial charge >= 0.3 is 35.6 Å². The Morgan fingerprint density at radius 1 is 0.680 bits per heavy atom. The molecule has 2 N–H and O–H groups in total. The van der Waals surface area contributed by atoms with Crippen LogP contribution in [-0.4, -0.2) is 23.4 Å². The van der Waals surface area contributed by atoms with Crippen molar-refractivity contribution in [1.29, 1.82) is 0 Å². The summed E-state index contributed by atoms with van der Waals surface area (Å²) in [7, 11) is 9.78. The van der Waals surface area contributed by atoms with Crippen molar-refractivity contribution in [3.8, 4) is 0 Å². The second kappa shape index (κ2) is 12.9. The van der Waals surface area contributed by atoms with Gasteiger partial charge in [0, 0.05) is 10.8 Å². The van der Waals surface area contributed by atoms with E-state index in [2.05, 4.69) is 0 Å². The summed E-state index contributed by atoms with van der Waals surface area (Å²) in [4.78, 5) is 0. The molecule has 138 valence electrons. The second-order valence-corrected chi connectivity index (χ2v) is 9.47. The number of benzene rings is 2.